The van der Waals surface area contributed by atoms with E-state index in [0.717, 1.165) is 18.9 Å². The van der Waals surface area contributed by atoms with Crippen LogP contribution in [0.4, 0.5) is 15.8 Å². The Morgan fingerprint density at radius 1 is 1.30 bits per heavy atom. The van der Waals surface area contributed by atoms with Crippen LogP contribution in [0.15, 0.2) is 30.5 Å². The Bertz CT molecular complexity index is 1170. The van der Waals surface area contributed by atoms with Gasteiger partial charge in [-0.2, -0.15) is 0 Å². The molecule has 1 fully saturated rings. The summed E-state index contributed by atoms with van der Waals surface area (Å²) in [6, 6.07) is 6.03. The molecule has 0 bridgehead atoms. The van der Waals surface area contributed by atoms with E-state index < -0.39 is 11.7 Å². The lowest BCUT2D eigenvalue weighted by Gasteiger charge is -2.24. The van der Waals surface area contributed by atoms with Gasteiger partial charge in [-0.25, -0.2) is 4.39 Å². The quantitative estimate of drug-likeness (QED) is 0.570. The van der Waals surface area contributed by atoms with Crippen molar-refractivity contribution in [3.8, 4) is 17.2 Å². The molecule has 0 spiro atoms. The van der Waals surface area contributed by atoms with Crippen LogP contribution in [-0.2, 0) is 0 Å². The van der Waals surface area contributed by atoms with Gasteiger partial charge in [0.1, 0.15) is 17.2 Å². The summed E-state index contributed by atoms with van der Waals surface area (Å²) in [7, 11) is 3.25. The first-order valence-electron chi connectivity index (χ1n) is 9.26. The van der Waals surface area contributed by atoms with Crippen LogP contribution in [0.25, 0.3) is 10.9 Å². The molecule has 0 unspecified atom stereocenters. The third kappa shape index (κ3) is 3.43. The van der Waals surface area contributed by atoms with Gasteiger partial charge in [0.25, 0.3) is 5.91 Å². The minimum Gasteiger partial charge on any atom is -0.496 e. The topological polar surface area (TPSA) is 104 Å². The zero-order chi connectivity index (χ0) is 21.6. The van der Waals surface area contributed by atoms with E-state index in [9.17, 15) is 9.18 Å². The minimum absolute atomic E-state index is 0.0486. The third-order valence-electron chi connectivity index (χ3n) is 5.12. The molecule has 156 valence electrons. The summed E-state index contributed by atoms with van der Waals surface area (Å²) in [5.74, 6) is -0.786. The van der Waals surface area contributed by atoms with Gasteiger partial charge in [0.2, 0.25) is 0 Å². The van der Waals surface area contributed by atoms with Crippen molar-refractivity contribution in [2.24, 2.45) is 5.73 Å². The minimum atomic E-state index is -0.667. The number of nitrogen functional groups attached to an aromatic ring is 1. The van der Waals surface area contributed by atoms with Gasteiger partial charge in [-0.1, -0.05) is 11.6 Å². The van der Waals surface area contributed by atoms with Crippen LogP contribution in [0, 0.1) is 5.82 Å². The van der Waals surface area contributed by atoms with Crippen molar-refractivity contribution in [2.75, 3.05) is 24.8 Å². The highest BCUT2D eigenvalue weighted by Gasteiger charge is 2.32. The average Bonchev–Trinajstić information content (AvgIpc) is 3.56. The number of primary amides is 1. The summed E-state index contributed by atoms with van der Waals surface area (Å²) in [5.41, 5.74) is 12.5. The average molecular weight is 431 g/mol. The first-order valence-corrected chi connectivity index (χ1v) is 9.64. The Kier molecular flexibility index (Phi) is 5.03. The summed E-state index contributed by atoms with van der Waals surface area (Å²) in [5, 5.41) is 0.693. The Morgan fingerprint density at radius 2 is 2.03 bits per heavy atom. The van der Waals surface area contributed by atoms with Crippen LogP contribution >= 0.6 is 11.6 Å². The van der Waals surface area contributed by atoms with E-state index in [1.54, 1.807) is 12.1 Å². The van der Waals surface area contributed by atoms with Crippen molar-refractivity contribution >= 4 is 39.8 Å². The van der Waals surface area contributed by atoms with Crippen LogP contribution in [0.1, 0.15) is 23.2 Å². The van der Waals surface area contributed by atoms with E-state index in [1.807, 2.05) is 11.9 Å². The number of ether oxygens (including phenoxy) is 2. The first kappa shape index (κ1) is 20.0. The van der Waals surface area contributed by atoms with Gasteiger partial charge in [-0.3, -0.25) is 9.78 Å². The molecule has 4 rings (SSSR count). The van der Waals surface area contributed by atoms with Crippen LogP contribution in [-0.4, -0.2) is 31.1 Å². The molecule has 0 radical (unpaired) electrons. The Balaban J connectivity index is 1.88. The molecule has 1 amide bonds. The van der Waals surface area contributed by atoms with Crippen LogP contribution < -0.4 is 25.8 Å². The summed E-state index contributed by atoms with van der Waals surface area (Å²) >= 11 is 6.42. The SMILES string of the molecule is COc1cc2nccc(Oc3c(F)cc(N)c(Cl)c3N(C)C3CC3)c2cc1C(N)=O. The van der Waals surface area contributed by atoms with Crippen LogP contribution in [0.3, 0.4) is 0 Å². The number of hydrogen-bond donors (Lipinski definition) is 2. The molecule has 1 aliphatic carbocycles. The second kappa shape index (κ2) is 7.53. The Labute approximate surface area is 177 Å². The van der Waals surface area contributed by atoms with Crippen molar-refractivity contribution in [3.63, 3.8) is 0 Å². The van der Waals surface area contributed by atoms with E-state index in [4.69, 9.17) is 32.5 Å². The Hall–Kier alpha value is -3.26. The number of anilines is 2. The second-order valence-corrected chi connectivity index (χ2v) is 7.50. The largest absolute Gasteiger partial charge is 0.496 e. The molecule has 0 aliphatic heterocycles. The van der Waals surface area contributed by atoms with Gasteiger partial charge in [0, 0.05) is 36.8 Å². The molecule has 3 aromatic rings. The normalized spacial score (nSPS) is 13.3. The molecule has 2 aromatic carbocycles. The fourth-order valence-electron chi connectivity index (χ4n) is 3.38. The van der Waals surface area contributed by atoms with Gasteiger partial charge in [0.05, 0.1) is 28.9 Å². The first-order chi connectivity index (χ1) is 14.3. The summed E-state index contributed by atoms with van der Waals surface area (Å²) in [6.07, 6.45) is 3.47. The fraction of sp³-hybridized carbons (Fsp3) is 0.238. The predicted octanol–water partition coefficient (Wildman–Crippen LogP) is 4.11. The number of nitrogens with zero attached hydrogens (tertiary/aromatic N) is 2. The number of fused-ring (bicyclic) bond motifs is 1. The lowest BCUT2D eigenvalue weighted by atomic mass is 10.1. The number of aromatic nitrogens is 1. The molecule has 7 nitrogen and oxygen atoms in total. The van der Waals surface area contributed by atoms with E-state index in [0.29, 0.717) is 16.6 Å². The molecule has 0 saturated heterocycles. The molecule has 1 aromatic heterocycles. The lowest BCUT2D eigenvalue weighted by molar-refractivity contribution is 0.0997. The number of hydrogen-bond acceptors (Lipinski definition) is 6. The van der Waals surface area contributed by atoms with E-state index in [1.165, 1.54) is 19.4 Å². The monoisotopic (exact) mass is 430 g/mol. The molecule has 0 atom stereocenters. The maximum absolute atomic E-state index is 14.9. The number of rotatable bonds is 6. The van der Waals surface area contributed by atoms with Crippen molar-refractivity contribution in [1.29, 1.82) is 0 Å². The molecular formula is C21H20ClFN4O3. The van der Waals surface area contributed by atoms with Crippen LogP contribution in [0.2, 0.25) is 5.02 Å². The number of amides is 1. The second-order valence-electron chi connectivity index (χ2n) is 7.13. The highest BCUT2D eigenvalue weighted by molar-refractivity contribution is 6.36. The van der Waals surface area contributed by atoms with Crippen molar-refractivity contribution in [1.82, 2.24) is 4.98 Å². The van der Waals surface area contributed by atoms with Crippen molar-refractivity contribution < 1.29 is 18.7 Å². The van der Waals surface area contributed by atoms with Crippen LogP contribution in [0.5, 0.6) is 17.2 Å². The molecule has 1 aliphatic rings. The van der Waals surface area contributed by atoms with Gasteiger partial charge < -0.3 is 25.8 Å². The number of halogens is 2. The molecule has 1 heterocycles. The van der Waals surface area contributed by atoms with Crippen molar-refractivity contribution in [3.05, 3.63) is 46.9 Å². The Morgan fingerprint density at radius 3 is 2.67 bits per heavy atom. The zero-order valence-electron chi connectivity index (χ0n) is 16.4. The molecular weight excluding hydrogens is 411 g/mol. The maximum atomic E-state index is 14.9. The number of carbonyl (C=O) groups is 1. The zero-order valence-corrected chi connectivity index (χ0v) is 17.2. The van der Waals surface area contributed by atoms with E-state index in [2.05, 4.69) is 4.98 Å². The fourth-order valence-corrected chi connectivity index (χ4v) is 3.65. The summed E-state index contributed by atoms with van der Waals surface area (Å²) in [4.78, 5) is 18.0. The summed E-state index contributed by atoms with van der Waals surface area (Å²) < 4.78 is 26.2. The highest BCUT2D eigenvalue weighted by Crippen LogP contribution is 2.47. The van der Waals surface area contributed by atoms with Gasteiger partial charge in [-0.05, 0) is 25.0 Å². The number of nitrogens with two attached hydrogens (primary N) is 2. The summed E-state index contributed by atoms with van der Waals surface area (Å²) in [6.45, 7) is 0. The number of benzene rings is 2. The van der Waals surface area contributed by atoms with Gasteiger partial charge >= 0.3 is 0 Å². The standard InChI is InChI=1S/C21H20ClFN4O3/c1-27(10-3-4-10)19-18(22)14(24)8-13(23)20(19)30-16-5-6-26-15-9-17(29-2)12(21(25)28)7-11(15)16/h5-10H,3-4,24H2,1-2H3,(H2,25,28). The molecule has 1 saturated carbocycles. The highest BCUT2D eigenvalue weighted by atomic mass is 35.5. The number of pyridine rings is 1. The lowest BCUT2D eigenvalue weighted by Crippen LogP contribution is -2.21. The van der Waals surface area contributed by atoms with E-state index >= 15 is 0 Å². The van der Waals surface area contributed by atoms with Gasteiger partial charge in [0.15, 0.2) is 11.6 Å². The van der Waals surface area contributed by atoms with E-state index in [-0.39, 0.29) is 39.6 Å². The van der Waals surface area contributed by atoms with Gasteiger partial charge in [-0.15, -0.1) is 0 Å². The molecule has 4 N–H and O–H groups in total. The van der Waals surface area contributed by atoms with Crippen molar-refractivity contribution in [2.45, 2.75) is 18.9 Å². The third-order valence-corrected chi connectivity index (χ3v) is 5.52. The smallest absolute Gasteiger partial charge is 0.252 e. The predicted molar refractivity (Wildman–Crippen MR) is 114 cm³/mol. The molecule has 9 heteroatoms. The number of methoxy groups -OCH3 is 1. The number of carbonyl (C=O) groups excluding carboxylic acids is 1. The maximum Gasteiger partial charge on any atom is 0.252 e. The molecule has 30 heavy (non-hydrogen) atoms.